The molecule has 122 valence electrons. The van der Waals surface area contributed by atoms with E-state index in [9.17, 15) is 0 Å². The molecular weight excluding hydrogens is 298 g/mol. The minimum Gasteiger partial charge on any atom is -0.334 e. The minimum absolute atomic E-state index is 0.530. The van der Waals surface area contributed by atoms with E-state index in [4.69, 9.17) is 0 Å². The summed E-state index contributed by atoms with van der Waals surface area (Å²) in [6.45, 7) is 2.98. The number of piperidine rings is 1. The van der Waals surface area contributed by atoms with Crippen LogP contribution >= 0.6 is 0 Å². The second-order valence-corrected chi connectivity index (χ2v) is 6.24. The molecule has 0 saturated carbocycles. The Hall–Kier alpha value is -2.53. The van der Waals surface area contributed by atoms with Gasteiger partial charge in [0.25, 0.3) is 0 Å². The molecule has 1 aliphatic heterocycles. The molecule has 1 aromatic carbocycles. The summed E-state index contributed by atoms with van der Waals surface area (Å²) in [5.41, 5.74) is 2.23. The number of imidazole rings is 1. The van der Waals surface area contributed by atoms with Crippen LogP contribution < -0.4 is 0 Å². The highest BCUT2D eigenvalue weighted by molar-refractivity contribution is 5.57. The second-order valence-electron chi connectivity index (χ2n) is 6.24. The molecular formula is C19H21N5. The Kier molecular flexibility index (Phi) is 4.34. The maximum Gasteiger partial charge on any atom is 0.142 e. The van der Waals surface area contributed by atoms with Crippen LogP contribution in [0.15, 0.2) is 61.3 Å². The lowest BCUT2D eigenvalue weighted by atomic mass is 10.0. The van der Waals surface area contributed by atoms with Crippen LogP contribution in [0.3, 0.4) is 0 Å². The largest absolute Gasteiger partial charge is 0.334 e. The van der Waals surface area contributed by atoms with Gasteiger partial charge in [-0.3, -0.25) is 4.90 Å². The first kappa shape index (κ1) is 15.0. The van der Waals surface area contributed by atoms with Crippen molar-refractivity contribution in [2.45, 2.75) is 25.4 Å². The van der Waals surface area contributed by atoms with Gasteiger partial charge in [-0.25, -0.2) is 15.0 Å². The number of aromatic nitrogens is 4. The maximum absolute atomic E-state index is 4.58. The van der Waals surface area contributed by atoms with Crippen molar-refractivity contribution in [1.82, 2.24) is 24.4 Å². The van der Waals surface area contributed by atoms with E-state index in [1.807, 2.05) is 30.9 Å². The molecule has 5 nitrogen and oxygen atoms in total. The Morgan fingerprint density at radius 1 is 0.917 bits per heavy atom. The molecule has 3 aromatic rings. The van der Waals surface area contributed by atoms with Gasteiger partial charge in [0, 0.05) is 43.3 Å². The minimum atomic E-state index is 0.530. The molecule has 0 amide bonds. The smallest absolute Gasteiger partial charge is 0.142 e. The fourth-order valence-corrected chi connectivity index (χ4v) is 3.28. The number of benzene rings is 1. The van der Waals surface area contributed by atoms with Crippen LogP contribution in [0, 0.1) is 0 Å². The Labute approximate surface area is 142 Å². The fraction of sp³-hybridized carbons (Fsp3) is 0.316. The standard InChI is InChI=1S/C19H21N5/c1-2-5-16(6-3-1)18-13-24(15-22-18)17-7-11-23(12-8-17)14-19-20-9-4-10-21-19/h1-6,9-10,13,15,17H,7-8,11-12,14H2. The number of likely N-dealkylation sites (tertiary alicyclic amines) is 1. The van der Waals surface area contributed by atoms with Crippen LogP contribution in [0.25, 0.3) is 11.3 Å². The van der Waals surface area contributed by atoms with Crippen molar-refractivity contribution in [1.29, 1.82) is 0 Å². The van der Waals surface area contributed by atoms with Gasteiger partial charge in [0.1, 0.15) is 5.82 Å². The predicted molar refractivity (Wildman–Crippen MR) is 93.2 cm³/mol. The molecule has 0 N–H and O–H groups in total. The number of hydrogen-bond donors (Lipinski definition) is 0. The summed E-state index contributed by atoms with van der Waals surface area (Å²) in [6.07, 6.45) is 10.0. The van der Waals surface area contributed by atoms with E-state index in [2.05, 4.69) is 54.9 Å². The van der Waals surface area contributed by atoms with Crippen molar-refractivity contribution in [3.8, 4) is 11.3 Å². The van der Waals surface area contributed by atoms with Crippen molar-refractivity contribution in [2.24, 2.45) is 0 Å². The fourth-order valence-electron chi connectivity index (χ4n) is 3.28. The van der Waals surface area contributed by atoms with Crippen LogP contribution in [-0.2, 0) is 6.54 Å². The van der Waals surface area contributed by atoms with Gasteiger partial charge in [0.05, 0.1) is 18.6 Å². The lowest BCUT2D eigenvalue weighted by Crippen LogP contribution is -2.34. The summed E-state index contributed by atoms with van der Waals surface area (Å²) in [5, 5.41) is 0. The highest BCUT2D eigenvalue weighted by Crippen LogP contribution is 2.25. The summed E-state index contributed by atoms with van der Waals surface area (Å²) < 4.78 is 2.28. The third kappa shape index (κ3) is 3.36. The first-order valence-corrected chi connectivity index (χ1v) is 8.45. The molecule has 1 fully saturated rings. The Morgan fingerprint density at radius 3 is 2.42 bits per heavy atom. The van der Waals surface area contributed by atoms with Crippen molar-refractivity contribution in [3.05, 3.63) is 67.1 Å². The van der Waals surface area contributed by atoms with Crippen LogP contribution in [0.1, 0.15) is 24.7 Å². The third-order valence-corrected chi connectivity index (χ3v) is 4.63. The van der Waals surface area contributed by atoms with Crippen molar-refractivity contribution in [2.75, 3.05) is 13.1 Å². The lowest BCUT2D eigenvalue weighted by molar-refractivity contribution is 0.176. The topological polar surface area (TPSA) is 46.8 Å². The summed E-state index contributed by atoms with van der Waals surface area (Å²) >= 11 is 0. The third-order valence-electron chi connectivity index (χ3n) is 4.63. The summed E-state index contributed by atoms with van der Waals surface area (Å²) in [5.74, 6) is 0.907. The SMILES string of the molecule is c1ccc(-c2cn(C3CCN(Cc4ncccn4)CC3)cn2)cc1. The van der Waals surface area contributed by atoms with Crippen LogP contribution in [0.2, 0.25) is 0 Å². The predicted octanol–water partition coefficient (Wildman–Crippen LogP) is 3.18. The Morgan fingerprint density at radius 2 is 1.67 bits per heavy atom. The molecule has 2 aromatic heterocycles. The Bertz CT molecular complexity index is 761. The molecule has 1 aliphatic rings. The lowest BCUT2D eigenvalue weighted by Gasteiger charge is -2.31. The molecule has 24 heavy (non-hydrogen) atoms. The van der Waals surface area contributed by atoms with E-state index in [1.54, 1.807) is 0 Å². The van der Waals surface area contributed by atoms with Crippen molar-refractivity contribution in [3.63, 3.8) is 0 Å². The molecule has 3 heterocycles. The summed E-state index contributed by atoms with van der Waals surface area (Å²) in [4.78, 5) is 15.6. The number of hydrogen-bond acceptors (Lipinski definition) is 4. The average Bonchev–Trinajstić information content (AvgIpc) is 3.14. The zero-order valence-electron chi connectivity index (χ0n) is 13.6. The van der Waals surface area contributed by atoms with E-state index in [0.29, 0.717) is 6.04 Å². The van der Waals surface area contributed by atoms with E-state index in [-0.39, 0.29) is 0 Å². The second kappa shape index (κ2) is 6.93. The maximum atomic E-state index is 4.58. The molecule has 1 saturated heterocycles. The zero-order valence-corrected chi connectivity index (χ0v) is 13.6. The molecule has 0 bridgehead atoms. The van der Waals surface area contributed by atoms with Gasteiger partial charge in [-0.2, -0.15) is 0 Å². The molecule has 0 unspecified atom stereocenters. The van der Waals surface area contributed by atoms with Gasteiger partial charge in [-0.15, -0.1) is 0 Å². The average molecular weight is 319 g/mol. The van der Waals surface area contributed by atoms with Crippen molar-refractivity contribution < 1.29 is 0 Å². The first-order chi connectivity index (χ1) is 11.9. The summed E-state index contributed by atoms with van der Waals surface area (Å²) in [7, 11) is 0. The quantitative estimate of drug-likeness (QED) is 0.741. The molecule has 0 aliphatic carbocycles. The van der Waals surface area contributed by atoms with Crippen LogP contribution in [0.4, 0.5) is 0 Å². The first-order valence-electron chi connectivity index (χ1n) is 8.45. The summed E-state index contributed by atoms with van der Waals surface area (Å²) in [6, 6.07) is 12.7. The highest BCUT2D eigenvalue weighted by atomic mass is 15.2. The van der Waals surface area contributed by atoms with Gasteiger partial charge >= 0.3 is 0 Å². The zero-order chi connectivity index (χ0) is 16.2. The normalized spacial score (nSPS) is 16.3. The van der Waals surface area contributed by atoms with E-state index >= 15 is 0 Å². The molecule has 4 rings (SSSR count). The number of nitrogens with zero attached hydrogens (tertiary/aromatic N) is 5. The molecule has 5 heteroatoms. The van der Waals surface area contributed by atoms with Gasteiger partial charge in [0.2, 0.25) is 0 Å². The molecule has 0 radical (unpaired) electrons. The molecule has 0 spiro atoms. The van der Waals surface area contributed by atoms with Crippen LogP contribution in [0.5, 0.6) is 0 Å². The van der Waals surface area contributed by atoms with E-state index in [0.717, 1.165) is 44.0 Å². The highest BCUT2D eigenvalue weighted by Gasteiger charge is 2.21. The Balaban J connectivity index is 1.37. The van der Waals surface area contributed by atoms with E-state index < -0.39 is 0 Å². The monoisotopic (exact) mass is 319 g/mol. The van der Waals surface area contributed by atoms with Gasteiger partial charge < -0.3 is 4.57 Å². The van der Waals surface area contributed by atoms with Crippen molar-refractivity contribution >= 4 is 0 Å². The van der Waals surface area contributed by atoms with Crippen LogP contribution in [-0.4, -0.2) is 37.5 Å². The van der Waals surface area contributed by atoms with Gasteiger partial charge in [0.15, 0.2) is 0 Å². The molecule has 0 atom stereocenters. The number of rotatable bonds is 4. The van der Waals surface area contributed by atoms with Gasteiger partial charge in [-0.05, 0) is 18.9 Å². The van der Waals surface area contributed by atoms with E-state index in [1.165, 1.54) is 5.56 Å². The van der Waals surface area contributed by atoms with Gasteiger partial charge in [-0.1, -0.05) is 30.3 Å².